The van der Waals surface area contributed by atoms with Crippen LogP contribution in [0.1, 0.15) is 41.3 Å². The minimum atomic E-state index is -4.40. The van der Waals surface area contributed by atoms with Gasteiger partial charge in [0.25, 0.3) is 0 Å². The topological polar surface area (TPSA) is 74.7 Å². The number of carboxylic acids is 1. The van der Waals surface area contributed by atoms with Crippen molar-refractivity contribution in [1.29, 1.82) is 0 Å². The van der Waals surface area contributed by atoms with Crippen molar-refractivity contribution >= 4 is 11.8 Å². The fraction of sp³-hybridized carbons (Fsp3) is 0.357. The molecule has 9 heteroatoms. The van der Waals surface area contributed by atoms with Gasteiger partial charge in [-0.1, -0.05) is 42.5 Å². The first-order valence-electron chi connectivity index (χ1n) is 12.3. The van der Waals surface area contributed by atoms with E-state index in [1.165, 1.54) is 12.1 Å². The van der Waals surface area contributed by atoms with Crippen molar-refractivity contribution in [3.05, 3.63) is 95.2 Å². The van der Waals surface area contributed by atoms with Gasteiger partial charge >= 0.3 is 12.1 Å². The second kappa shape index (κ2) is 12.2. The molecule has 6 nitrogen and oxygen atoms in total. The van der Waals surface area contributed by atoms with Crippen LogP contribution in [0.3, 0.4) is 0 Å². The summed E-state index contributed by atoms with van der Waals surface area (Å²) in [7, 11) is 0. The minimum Gasteiger partial charge on any atom is -0.481 e. The average Bonchev–Trinajstić information content (AvgIpc) is 3.00. The van der Waals surface area contributed by atoms with Crippen molar-refractivity contribution in [1.82, 2.24) is 9.88 Å². The lowest BCUT2D eigenvalue weighted by molar-refractivity contribution is -0.139. The number of carbonyl (C=O) groups is 1. The lowest BCUT2D eigenvalue weighted by Gasteiger charge is -2.32. The standard InChI is InChI=1S/C28H30F3N3O3/c29-28(30,31)23-11-9-20(10-12-23)18-34-19-21(17-26(35)36)16-22-6-1-2-7-24(22)27(34)37-15-5-14-33-25-8-3-4-13-32-25/h1-4,6-13,21,27H,5,14-19H2,(H,32,33)(H,35,36). The Bertz CT molecular complexity index is 1160. The molecule has 0 saturated heterocycles. The predicted octanol–water partition coefficient (Wildman–Crippen LogP) is 5.77. The summed E-state index contributed by atoms with van der Waals surface area (Å²) in [5.74, 6) is -0.257. The van der Waals surface area contributed by atoms with Gasteiger partial charge in [-0.3, -0.25) is 9.69 Å². The van der Waals surface area contributed by atoms with E-state index in [-0.39, 0.29) is 12.3 Å². The van der Waals surface area contributed by atoms with Crippen molar-refractivity contribution in [2.45, 2.75) is 38.2 Å². The second-order valence-electron chi connectivity index (χ2n) is 9.21. The molecule has 1 aliphatic heterocycles. The van der Waals surface area contributed by atoms with E-state index < -0.39 is 23.9 Å². The van der Waals surface area contributed by atoms with E-state index in [1.807, 2.05) is 47.4 Å². The van der Waals surface area contributed by atoms with Crippen LogP contribution in [0, 0.1) is 5.92 Å². The summed E-state index contributed by atoms with van der Waals surface area (Å²) in [4.78, 5) is 17.8. The van der Waals surface area contributed by atoms with Crippen LogP contribution >= 0.6 is 0 Å². The van der Waals surface area contributed by atoms with E-state index in [0.29, 0.717) is 44.6 Å². The first-order valence-corrected chi connectivity index (χ1v) is 12.3. The van der Waals surface area contributed by atoms with Gasteiger partial charge in [0.2, 0.25) is 0 Å². The monoisotopic (exact) mass is 513 g/mol. The van der Waals surface area contributed by atoms with Crippen LogP contribution in [0.25, 0.3) is 0 Å². The van der Waals surface area contributed by atoms with E-state index in [2.05, 4.69) is 10.3 Å². The van der Waals surface area contributed by atoms with Crippen molar-refractivity contribution < 1.29 is 27.8 Å². The van der Waals surface area contributed by atoms with Crippen LogP contribution < -0.4 is 5.32 Å². The summed E-state index contributed by atoms with van der Waals surface area (Å²) < 4.78 is 45.5. The van der Waals surface area contributed by atoms with E-state index >= 15 is 0 Å². The summed E-state index contributed by atoms with van der Waals surface area (Å²) >= 11 is 0. The number of nitrogens with zero attached hydrogens (tertiary/aromatic N) is 2. The third-order valence-corrected chi connectivity index (χ3v) is 6.35. The summed E-state index contributed by atoms with van der Waals surface area (Å²) in [5, 5.41) is 12.7. The number of nitrogens with one attached hydrogen (secondary N) is 1. The Kier molecular flexibility index (Phi) is 8.78. The Morgan fingerprint density at radius 2 is 1.84 bits per heavy atom. The maximum Gasteiger partial charge on any atom is 0.416 e. The predicted molar refractivity (Wildman–Crippen MR) is 134 cm³/mol. The van der Waals surface area contributed by atoms with E-state index in [1.54, 1.807) is 6.20 Å². The van der Waals surface area contributed by atoms with Gasteiger partial charge in [-0.05, 0) is 59.7 Å². The number of aliphatic carboxylic acids is 1. The zero-order valence-electron chi connectivity index (χ0n) is 20.3. The van der Waals surface area contributed by atoms with Gasteiger partial charge in [-0.15, -0.1) is 0 Å². The summed E-state index contributed by atoms with van der Waals surface area (Å²) in [6, 6.07) is 18.6. The van der Waals surface area contributed by atoms with Crippen LogP contribution in [0.4, 0.5) is 19.0 Å². The molecule has 0 spiro atoms. The van der Waals surface area contributed by atoms with Crippen LogP contribution in [0.2, 0.25) is 0 Å². The Labute approximate surface area is 214 Å². The number of carboxylic acid groups (broad SMARTS) is 1. The number of rotatable bonds is 10. The molecular formula is C28H30F3N3O3. The van der Waals surface area contributed by atoms with Gasteiger partial charge in [0.15, 0.2) is 0 Å². The normalized spacial score (nSPS) is 18.1. The fourth-order valence-electron chi connectivity index (χ4n) is 4.67. The molecule has 1 aliphatic rings. The molecule has 2 aromatic carbocycles. The number of pyridine rings is 1. The molecule has 0 saturated carbocycles. The van der Waals surface area contributed by atoms with Gasteiger partial charge in [0.1, 0.15) is 12.0 Å². The highest BCUT2D eigenvalue weighted by molar-refractivity contribution is 5.67. The lowest BCUT2D eigenvalue weighted by atomic mass is 9.95. The maximum absolute atomic E-state index is 13.0. The van der Waals surface area contributed by atoms with Crippen LogP contribution in [-0.2, 0) is 28.7 Å². The van der Waals surface area contributed by atoms with Gasteiger partial charge in [0, 0.05) is 32.3 Å². The molecule has 0 amide bonds. The lowest BCUT2D eigenvalue weighted by Crippen LogP contribution is -2.34. The SMILES string of the molecule is O=C(O)CC1Cc2ccccc2C(OCCCNc2ccccn2)N(Cc2ccc(C(F)(F)F)cc2)C1. The average molecular weight is 514 g/mol. The molecule has 0 radical (unpaired) electrons. The van der Waals surface area contributed by atoms with E-state index in [9.17, 15) is 23.1 Å². The zero-order valence-corrected chi connectivity index (χ0v) is 20.3. The van der Waals surface area contributed by atoms with Gasteiger partial charge in [-0.2, -0.15) is 13.2 Å². The maximum atomic E-state index is 13.0. The Balaban J connectivity index is 1.52. The first kappa shape index (κ1) is 26.6. The molecular weight excluding hydrogens is 483 g/mol. The molecule has 0 aliphatic carbocycles. The van der Waals surface area contributed by atoms with Crippen molar-refractivity contribution in [3.63, 3.8) is 0 Å². The Morgan fingerprint density at radius 1 is 1.08 bits per heavy atom. The third kappa shape index (κ3) is 7.53. The Morgan fingerprint density at radius 3 is 2.54 bits per heavy atom. The first-order chi connectivity index (χ1) is 17.8. The van der Waals surface area contributed by atoms with Crippen molar-refractivity contribution in [3.8, 4) is 0 Å². The van der Waals surface area contributed by atoms with Gasteiger partial charge in [0.05, 0.1) is 12.2 Å². The molecule has 2 heterocycles. The molecule has 1 aromatic heterocycles. The number of halogens is 3. The highest BCUT2D eigenvalue weighted by Gasteiger charge is 2.33. The number of alkyl halides is 3. The molecule has 2 atom stereocenters. The molecule has 2 N–H and O–H groups in total. The molecule has 4 rings (SSSR count). The van der Waals surface area contributed by atoms with E-state index in [0.717, 1.165) is 29.1 Å². The largest absolute Gasteiger partial charge is 0.481 e. The quantitative estimate of drug-likeness (QED) is 0.336. The van der Waals surface area contributed by atoms with Gasteiger partial charge < -0.3 is 15.2 Å². The molecule has 0 bridgehead atoms. The van der Waals surface area contributed by atoms with Crippen molar-refractivity contribution in [2.24, 2.45) is 5.92 Å². The highest BCUT2D eigenvalue weighted by atomic mass is 19.4. The van der Waals surface area contributed by atoms with Crippen molar-refractivity contribution in [2.75, 3.05) is 25.0 Å². The number of fused-ring (bicyclic) bond motifs is 1. The molecule has 3 aromatic rings. The third-order valence-electron chi connectivity index (χ3n) is 6.35. The molecule has 2 unspecified atom stereocenters. The number of aromatic nitrogens is 1. The molecule has 37 heavy (non-hydrogen) atoms. The summed E-state index contributed by atoms with van der Waals surface area (Å²) in [6.07, 6.45) is -1.84. The number of benzene rings is 2. The van der Waals surface area contributed by atoms with Gasteiger partial charge in [-0.25, -0.2) is 4.98 Å². The van der Waals surface area contributed by atoms with Crippen LogP contribution in [0.15, 0.2) is 72.9 Å². The summed E-state index contributed by atoms with van der Waals surface area (Å²) in [6.45, 7) is 1.87. The number of hydrogen-bond donors (Lipinski definition) is 2. The zero-order chi connectivity index (χ0) is 26.3. The van der Waals surface area contributed by atoms with E-state index in [4.69, 9.17) is 4.74 Å². The van der Waals surface area contributed by atoms with Crippen LogP contribution in [-0.4, -0.2) is 40.7 Å². The molecule has 196 valence electrons. The second-order valence-corrected chi connectivity index (χ2v) is 9.21. The highest BCUT2D eigenvalue weighted by Crippen LogP contribution is 2.35. The number of hydrogen-bond acceptors (Lipinski definition) is 5. The minimum absolute atomic E-state index is 0.00143. The number of anilines is 1. The summed E-state index contributed by atoms with van der Waals surface area (Å²) in [5.41, 5.74) is 1.99. The van der Waals surface area contributed by atoms with Crippen LogP contribution in [0.5, 0.6) is 0 Å². The Hall–Kier alpha value is -3.43. The fourth-order valence-corrected chi connectivity index (χ4v) is 4.67. The smallest absolute Gasteiger partial charge is 0.416 e. The number of ether oxygens (including phenoxy) is 1. The molecule has 0 fully saturated rings.